The van der Waals surface area contributed by atoms with Gasteiger partial charge in [0.05, 0.1) is 5.69 Å². The van der Waals surface area contributed by atoms with Crippen LogP contribution in [0, 0.1) is 0 Å². The van der Waals surface area contributed by atoms with Crippen molar-refractivity contribution < 1.29 is 5.21 Å². The molecular weight excluding hydrogens is 270 g/mol. The van der Waals surface area contributed by atoms with E-state index in [1.807, 2.05) is 24.3 Å². The van der Waals surface area contributed by atoms with Crippen LogP contribution >= 0.6 is 0 Å². The lowest BCUT2D eigenvalue weighted by Gasteiger charge is -2.12. The Morgan fingerprint density at radius 3 is 2.05 bits per heavy atom. The number of nitrogens with one attached hydrogen (secondary N) is 1. The van der Waals surface area contributed by atoms with E-state index < -0.39 is 0 Å². The van der Waals surface area contributed by atoms with Crippen LogP contribution in [-0.2, 0) is 0 Å². The molecule has 0 spiro atoms. The smallest absolute Gasteiger partial charge is 0.0680 e. The molecule has 0 saturated carbocycles. The zero-order chi connectivity index (χ0) is 14.9. The highest BCUT2D eigenvalue weighted by Crippen LogP contribution is 2.35. The Balaban J connectivity index is 2.07. The van der Waals surface area contributed by atoms with E-state index >= 15 is 0 Å². The van der Waals surface area contributed by atoms with Gasteiger partial charge in [-0.05, 0) is 45.3 Å². The van der Waals surface area contributed by atoms with E-state index in [4.69, 9.17) is 0 Å². The monoisotopic (exact) mass is 285 g/mol. The molecule has 2 heteroatoms. The molecule has 0 saturated heterocycles. The number of anilines is 1. The predicted octanol–water partition coefficient (Wildman–Crippen LogP) is 5.46. The van der Waals surface area contributed by atoms with Gasteiger partial charge in [0.1, 0.15) is 0 Å². The van der Waals surface area contributed by atoms with Crippen molar-refractivity contribution in [1.82, 2.24) is 0 Å². The molecule has 2 N–H and O–H groups in total. The third-order valence-corrected chi connectivity index (χ3v) is 4.08. The third kappa shape index (κ3) is 2.01. The summed E-state index contributed by atoms with van der Waals surface area (Å²) in [6.07, 6.45) is 0. The van der Waals surface area contributed by atoms with E-state index in [2.05, 4.69) is 60.1 Å². The van der Waals surface area contributed by atoms with Crippen LogP contribution in [0.1, 0.15) is 0 Å². The summed E-state index contributed by atoms with van der Waals surface area (Å²) < 4.78 is 0. The Morgan fingerprint density at radius 2 is 1.23 bits per heavy atom. The van der Waals surface area contributed by atoms with Crippen LogP contribution in [0.4, 0.5) is 5.69 Å². The first-order chi connectivity index (χ1) is 10.9. The Kier molecular flexibility index (Phi) is 3.02. The third-order valence-electron chi connectivity index (χ3n) is 4.08. The van der Waals surface area contributed by atoms with Crippen molar-refractivity contribution in [2.24, 2.45) is 0 Å². The zero-order valence-corrected chi connectivity index (χ0v) is 12.0. The fourth-order valence-corrected chi connectivity index (χ4v) is 3.02. The van der Waals surface area contributed by atoms with E-state index in [0.717, 1.165) is 11.1 Å². The van der Waals surface area contributed by atoms with Gasteiger partial charge in [-0.25, -0.2) is 0 Å². The SMILES string of the molecule is ONc1ccccc1-c1cccc2cc3ccccc3cc12. The number of hydrogen-bond donors (Lipinski definition) is 2. The quantitative estimate of drug-likeness (QED) is 0.378. The van der Waals surface area contributed by atoms with E-state index in [1.165, 1.54) is 21.5 Å². The van der Waals surface area contributed by atoms with Gasteiger partial charge in [0, 0.05) is 5.56 Å². The molecule has 0 aliphatic carbocycles. The van der Waals surface area contributed by atoms with Crippen molar-refractivity contribution in [2.75, 3.05) is 5.48 Å². The van der Waals surface area contributed by atoms with Gasteiger partial charge in [-0.2, -0.15) is 0 Å². The highest BCUT2D eigenvalue weighted by molar-refractivity contribution is 6.06. The van der Waals surface area contributed by atoms with Crippen molar-refractivity contribution in [2.45, 2.75) is 0 Å². The summed E-state index contributed by atoms with van der Waals surface area (Å²) in [6, 6.07) is 26.8. The number of rotatable bonds is 2. The Hall–Kier alpha value is -2.84. The van der Waals surface area contributed by atoms with E-state index in [-0.39, 0.29) is 0 Å². The average molecular weight is 285 g/mol. The van der Waals surface area contributed by atoms with Crippen molar-refractivity contribution in [3.05, 3.63) is 78.9 Å². The molecular formula is C20H15NO. The van der Waals surface area contributed by atoms with Crippen molar-refractivity contribution >= 4 is 27.2 Å². The summed E-state index contributed by atoms with van der Waals surface area (Å²) in [7, 11) is 0. The predicted molar refractivity (Wildman–Crippen MR) is 92.3 cm³/mol. The minimum absolute atomic E-state index is 0.711. The van der Waals surface area contributed by atoms with E-state index in [0.29, 0.717) is 5.69 Å². The zero-order valence-electron chi connectivity index (χ0n) is 12.0. The van der Waals surface area contributed by atoms with Gasteiger partial charge in [-0.15, -0.1) is 0 Å². The fraction of sp³-hybridized carbons (Fsp3) is 0. The van der Waals surface area contributed by atoms with Gasteiger partial charge >= 0.3 is 0 Å². The molecule has 106 valence electrons. The molecule has 0 heterocycles. The first kappa shape index (κ1) is 12.9. The van der Waals surface area contributed by atoms with E-state index in [9.17, 15) is 5.21 Å². The number of benzene rings is 4. The second-order valence-corrected chi connectivity index (χ2v) is 5.38. The molecule has 4 rings (SSSR count). The molecule has 0 amide bonds. The summed E-state index contributed by atoms with van der Waals surface area (Å²) in [5, 5.41) is 14.2. The lowest BCUT2D eigenvalue weighted by Crippen LogP contribution is -1.92. The molecule has 4 aromatic rings. The summed E-state index contributed by atoms with van der Waals surface area (Å²) >= 11 is 0. The van der Waals surface area contributed by atoms with Crippen molar-refractivity contribution in [3.8, 4) is 11.1 Å². The molecule has 0 fully saturated rings. The fourth-order valence-electron chi connectivity index (χ4n) is 3.02. The topological polar surface area (TPSA) is 32.3 Å². The summed E-state index contributed by atoms with van der Waals surface area (Å²) in [6.45, 7) is 0. The second kappa shape index (κ2) is 5.17. The van der Waals surface area contributed by atoms with Crippen LogP contribution in [0.25, 0.3) is 32.7 Å². The highest BCUT2D eigenvalue weighted by Gasteiger charge is 2.08. The lowest BCUT2D eigenvalue weighted by molar-refractivity contribution is 0.389. The van der Waals surface area contributed by atoms with Gasteiger partial charge < -0.3 is 0 Å². The number of para-hydroxylation sites is 1. The molecule has 0 aliphatic rings. The maximum Gasteiger partial charge on any atom is 0.0680 e. The second-order valence-electron chi connectivity index (χ2n) is 5.38. The van der Waals surface area contributed by atoms with Crippen molar-refractivity contribution in [3.63, 3.8) is 0 Å². The van der Waals surface area contributed by atoms with E-state index in [1.54, 1.807) is 0 Å². The molecule has 2 nitrogen and oxygen atoms in total. The summed E-state index contributed by atoms with van der Waals surface area (Å²) in [5.74, 6) is 0. The van der Waals surface area contributed by atoms with Crippen LogP contribution < -0.4 is 5.48 Å². The molecule has 22 heavy (non-hydrogen) atoms. The van der Waals surface area contributed by atoms with Crippen LogP contribution in [0.5, 0.6) is 0 Å². The summed E-state index contributed by atoms with van der Waals surface area (Å²) in [5.41, 5.74) is 5.11. The Labute approximate surface area is 128 Å². The van der Waals surface area contributed by atoms with Gasteiger partial charge in [0.15, 0.2) is 0 Å². The molecule has 0 bridgehead atoms. The van der Waals surface area contributed by atoms with Crippen LogP contribution in [0.2, 0.25) is 0 Å². The van der Waals surface area contributed by atoms with Gasteiger partial charge in [-0.3, -0.25) is 10.7 Å². The van der Waals surface area contributed by atoms with Crippen LogP contribution in [-0.4, -0.2) is 5.21 Å². The van der Waals surface area contributed by atoms with Gasteiger partial charge in [-0.1, -0.05) is 60.7 Å². The van der Waals surface area contributed by atoms with Crippen LogP contribution in [0.15, 0.2) is 78.9 Å². The first-order valence-corrected chi connectivity index (χ1v) is 7.28. The minimum Gasteiger partial charge on any atom is -0.291 e. The molecule has 0 atom stereocenters. The minimum atomic E-state index is 0.711. The maximum absolute atomic E-state index is 9.37. The Morgan fingerprint density at radius 1 is 0.591 bits per heavy atom. The normalized spacial score (nSPS) is 11.0. The molecule has 0 aliphatic heterocycles. The molecule has 0 unspecified atom stereocenters. The number of fused-ring (bicyclic) bond motifs is 2. The standard InChI is InChI=1S/C20H15NO/c22-21-20-11-4-3-9-18(20)17-10-5-8-16-12-14-6-1-2-7-15(14)13-19(16)17/h1-13,21-22H. The summed E-state index contributed by atoms with van der Waals surface area (Å²) in [4.78, 5) is 0. The maximum atomic E-state index is 9.37. The van der Waals surface area contributed by atoms with Gasteiger partial charge in [0.2, 0.25) is 0 Å². The molecule has 0 radical (unpaired) electrons. The molecule has 0 aromatic heterocycles. The van der Waals surface area contributed by atoms with Crippen molar-refractivity contribution in [1.29, 1.82) is 0 Å². The van der Waals surface area contributed by atoms with Crippen LogP contribution in [0.3, 0.4) is 0 Å². The Bertz CT molecular complexity index is 975. The highest BCUT2D eigenvalue weighted by atomic mass is 16.5. The number of hydrogen-bond acceptors (Lipinski definition) is 2. The first-order valence-electron chi connectivity index (χ1n) is 7.28. The largest absolute Gasteiger partial charge is 0.291 e. The van der Waals surface area contributed by atoms with Gasteiger partial charge in [0.25, 0.3) is 0 Å². The lowest BCUT2D eigenvalue weighted by atomic mass is 9.95. The molecule has 4 aromatic carbocycles. The average Bonchev–Trinajstić information content (AvgIpc) is 2.59.